The van der Waals surface area contributed by atoms with Crippen molar-refractivity contribution >= 4 is 17.3 Å². The second kappa shape index (κ2) is 4.25. The number of hydrogen-bond donors (Lipinski definition) is 3. The van der Waals surface area contributed by atoms with Crippen LogP contribution in [0.2, 0.25) is 0 Å². The Kier molecular flexibility index (Phi) is 2.78. The van der Waals surface area contributed by atoms with E-state index in [2.05, 4.69) is 15.5 Å². The van der Waals surface area contributed by atoms with Crippen LogP contribution < -0.4 is 11.1 Å². The van der Waals surface area contributed by atoms with E-state index >= 15 is 0 Å². The maximum Gasteiger partial charge on any atom is 0.259 e. The number of carbonyl (C=O) groups is 1. The number of halogens is 1. The van der Waals surface area contributed by atoms with Crippen LogP contribution in [0.25, 0.3) is 0 Å². The van der Waals surface area contributed by atoms with Gasteiger partial charge in [-0.05, 0) is 25.1 Å². The van der Waals surface area contributed by atoms with Crippen molar-refractivity contribution in [1.82, 2.24) is 10.2 Å². The van der Waals surface area contributed by atoms with Crippen molar-refractivity contribution in [3.63, 3.8) is 0 Å². The molecule has 2 aromatic rings. The minimum atomic E-state index is -0.534. The molecule has 0 aliphatic carbocycles. The molecule has 0 aliphatic heterocycles. The van der Waals surface area contributed by atoms with Crippen LogP contribution in [0.4, 0.5) is 15.8 Å². The average Bonchev–Trinajstić information content (AvgIpc) is 2.70. The quantitative estimate of drug-likeness (QED) is 0.691. The van der Waals surface area contributed by atoms with E-state index in [1.165, 1.54) is 24.4 Å². The second-order valence-electron chi connectivity index (χ2n) is 3.60. The molecule has 1 amide bonds. The van der Waals surface area contributed by atoms with Crippen LogP contribution in [-0.4, -0.2) is 16.1 Å². The van der Waals surface area contributed by atoms with E-state index in [-0.39, 0.29) is 5.69 Å². The van der Waals surface area contributed by atoms with Crippen LogP contribution in [0, 0.1) is 12.7 Å². The van der Waals surface area contributed by atoms with Crippen molar-refractivity contribution in [2.75, 3.05) is 11.1 Å². The molecule has 2 rings (SSSR count). The number of hydrogen-bond acceptors (Lipinski definition) is 3. The predicted molar refractivity (Wildman–Crippen MR) is 62.1 cm³/mol. The molecule has 88 valence electrons. The Bertz CT molecular complexity index is 564. The molecule has 17 heavy (non-hydrogen) atoms. The number of benzene rings is 1. The first-order chi connectivity index (χ1) is 8.08. The average molecular weight is 234 g/mol. The van der Waals surface area contributed by atoms with Gasteiger partial charge in [0.1, 0.15) is 5.82 Å². The summed E-state index contributed by atoms with van der Waals surface area (Å²) in [6.45, 7) is 1.71. The Hall–Kier alpha value is -2.37. The van der Waals surface area contributed by atoms with Crippen molar-refractivity contribution in [3.8, 4) is 0 Å². The highest BCUT2D eigenvalue weighted by atomic mass is 19.1. The molecule has 0 fully saturated rings. The number of nitrogens with zero attached hydrogens (tertiary/aromatic N) is 1. The lowest BCUT2D eigenvalue weighted by Crippen LogP contribution is -2.13. The SMILES string of the molecule is Cc1[nH]ncc1C(=O)Nc1cc(N)ccc1F. The number of amides is 1. The summed E-state index contributed by atoms with van der Waals surface area (Å²) in [5, 5.41) is 8.79. The van der Waals surface area contributed by atoms with Gasteiger partial charge in [0.05, 0.1) is 17.4 Å². The van der Waals surface area contributed by atoms with Gasteiger partial charge in [-0.25, -0.2) is 4.39 Å². The minimum absolute atomic E-state index is 0.0515. The molecule has 0 saturated carbocycles. The number of anilines is 2. The van der Waals surface area contributed by atoms with E-state index < -0.39 is 11.7 Å². The van der Waals surface area contributed by atoms with Crippen molar-refractivity contribution in [2.24, 2.45) is 0 Å². The highest BCUT2D eigenvalue weighted by molar-refractivity contribution is 6.05. The minimum Gasteiger partial charge on any atom is -0.399 e. The molecular formula is C11H11FN4O. The van der Waals surface area contributed by atoms with Gasteiger partial charge in [0, 0.05) is 11.4 Å². The Morgan fingerprint density at radius 2 is 2.29 bits per heavy atom. The Morgan fingerprint density at radius 1 is 1.53 bits per heavy atom. The zero-order chi connectivity index (χ0) is 12.4. The van der Waals surface area contributed by atoms with Gasteiger partial charge in [-0.3, -0.25) is 9.89 Å². The maximum absolute atomic E-state index is 13.4. The van der Waals surface area contributed by atoms with E-state index in [1.54, 1.807) is 6.92 Å². The Morgan fingerprint density at radius 3 is 2.94 bits per heavy atom. The molecule has 0 spiro atoms. The van der Waals surface area contributed by atoms with Gasteiger partial charge in [0.25, 0.3) is 5.91 Å². The molecule has 0 bridgehead atoms. The number of rotatable bonds is 2. The highest BCUT2D eigenvalue weighted by Crippen LogP contribution is 2.18. The third-order valence-corrected chi connectivity index (χ3v) is 2.31. The third-order valence-electron chi connectivity index (χ3n) is 2.31. The summed E-state index contributed by atoms with van der Waals surface area (Å²) in [7, 11) is 0. The van der Waals surface area contributed by atoms with Gasteiger partial charge in [0.15, 0.2) is 0 Å². The molecule has 0 aliphatic rings. The van der Waals surface area contributed by atoms with E-state index in [0.29, 0.717) is 16.9 Å². The largest absolute Gasteiger partial charge is 0.399 e. The molecule has 6 heteroatoms. The molecule has 4 N–H and O–H groups in total. The topological polar surface area (TPSA) is 83.8 Å². The standard InChI is InChI=1S/C11H11FN4O/c1-6-8(5-14-16-6)11(17)15-10-4-7(13)2-3-9(10)12/h2-5H,13H2,1H3,(H,14,16)(H,15,17). The molecular weight excluding hydrogens is 223 g/mol. The fraction of sp³-hybridized carbons (Fsp3) is 0.0909. The molecule has 0 atom stereocenters. The van der Waals surface area contributed by atoms with Crippen molar-refractivity contribution in [3.05, 3.63) is 41.5 Å². The summed E-state index contributed by atoms with van der Waals surface area (Å²) in [5.74, 6) is -0.963. The van der Waals surface area contributed by atoms with Gasteiger partial charge in [-0.2, -0.15) is 5.10 Å². The van der Waals surface area contributed by atoms with Gasteiger partial charge >= 0.3 is 0 Å². The zero-order valence-corrected chi connectivity index (χ0v) is 9.12. The van der Waals surface area contributed by atoms with Crippen molar-refractivity contribution < 1.29 is 9.18 Å². The first-order valence-corrected chi connectivity index (χ1v) is 4.94. The molecule has 1 aromatic carbocycles. The summed E-state index contributed by atoms with van der Waals surface area (Å²) >= 11 is 0. The van der Waals surface area contributed by atoms with E-state index in [0.717, 1.165) is 0 Å². The molecule has 5 nitrogen and oxygen atoms in total. The van der Waals surface area contributed by atoms with Gasteiger partial charge < -0.3 is 11.1 Å². The molecule has 1 heterocycles. The van der Waals surface area contributed by atoms with Gasteiger partial charge in [0.2, 0.25) is 0 Å². The predicted octanol–water partition coefficient (Wildman–Crippen LogP) is 1.69. The fourth-order valence-electron chi connectivity index (χ4n) is 1.41. The van der Waals surface area contributed by atoms with Crippen LogP contribution in [0.3, 0.4) is 0 Å². The molecule has 1 aromatic heterocycles. The number of aromatic amines is 1. The first-order valence-electron chi connectivity index (χ1n) is 4.94. The molecule has 0 saturated heterocycles. The number of nitrogen functional groups attached to an aromatic ring is 1. The number of H-pyrrole nitrogens is 1. The second-order valence-corrected chi connectivity index (χ2v) is 3.60. The lowest BCUT2D eigenvalue weighted by atomic mass is 10.2. The van der Waals surface area contributed by atoms with Crippen molar-refractivity contribution in [2.45, 2.75) is 6.92 Å². The molecule has 0 unspecified atom stereocenters. The lowest BCUT2D eigenvalue weighted by molar-refractivity contribution is 0.102. The van der Waals surface area contributed by atoms with Crippen LogP contribution in [-0.2, 0) is 0 Å². The third kappa shape index (κ3) is 2.25. The number of nitrogens with one attached hydrogen (secondary N) is 2. The number of carbonyl (C=O) groups excluding carboxylic acids is 1. The molecule has 0 radical (unpaired) electrons. The van der Waals surface area contributed by atoms with Crippen LogP contribution in [0.15, 0.2) is 24.4 Å². The maximum atomic E-state index is 13.4. The summed E-state index contributed by atoms with van der Waals surface area (Å²) in [6, 6.07) is 3.99. The Labute approximate surface area is 96.8 Å². The monoisotopic (exact) mass is 234 g/mol. The van der Waals surface area contributed by atoms with E-state index in [4.69, 9.17) is 5.73 Å². The smallest absolute Gasteiger partial charge is 0.259 e. The summed E-state index contributed by atoms with van der Waals surface area (Å²) in [6.07, 6.45) is 1.38. The number of nitrogens with two attached hydrogens (primary N) is 1. The van der Waals surface area contributed by atoms with E-state index in [1.807, 2.05) is 0 Å². The first kappa shape index (κ1) is 11.1. The number of aryl methyl sites for hydroxylation is 1. The van der Waals surface area contributed by atoms with Crippen molar-refractivity contribution in [1.29, 1.82) is 0 Å². The fourth-order valence-corrected chi connectivity index (χ4v) is 1.41. The Balaban J connectivity index is 2.24. The van der Waals surface area contributed by atoms with Gasteiger partial charge in [-0.1, -0.05) is 0 Å². The van der Waals surface area contributed by atoms with Crippen LogP contribution in [0.1, 0.15) is 16.1 Å². The zero-order valence-electron chi connectivity index (χ0n) is 9.12. The summed E-state index contributed by atoms with van der Waals surface area (Å²) in [5.41, 5.74) is 6.93. The normalized spacial score (nSPS) is 10.2. The summed E-state index contributed by atoms with van der Waals surface area (Å²) in [4.78, 5) is 11.8. The lowest BCUT2D eigenvalue weighted by Gasteiger charge is -2.06. The number of aromatic nitrogens is 2. The van der Waals surface area contributed by atoms with E-state index in [9.17, 15) is 9.18 Å². The van der Waals surface area contributed by atoms with Gasteiger partial charge in [-0.15, -0.1) is 0 Å². The highest BCUT2D eigenvalue weighted by Gasteiger charge is 2.13. The summed E-state index contributed by atoms with van der Waals surface area (Å²) < 4.78 is 13.4. The van der Waals surface area contributed by atoms with Crippen LogP contribution >= 0.6 is 0 Å². The van der Waals surface area contributed by atoms with Crippen LogP contribution in [0.5, 0.6) is 0 Å².